The van der Waals surface area contributed by atoms with Crippen LogP contribution < -0.4 is 35.9 Å². The number of fused-ring (bicyclic) bond motifs is 1. The molecule has 0 aliphatic carbocycles. The summed E-state index contributed by atoms with van der Waals surface area (Å²) < 4.78 is 35.1. The number of alkyl halides is 2. The van der Waals surface area contributed by atoms with Crippen LogP contribution in [-0.2, 0) is 6.54 Å². The lowest BCUT2D eigenvalue weighted by Gasteiger charge is -2.36. The number of pyridine rings is 1. The molecule has 34 heavy (non-hydrogen) atoms. The van der Waals surface area contributed by atoms with Gasteiger partial charge in [-0.25, -0.2) is 9.69 Å². The molecule has 4 rings (SSSR count). The highest BCUT2D eigenvalue weighted by molar-refractivity contribution is 6.10. The number of nitrogens with zero attached hydrogens (tertiary/aromatic N) is 3. The Labute approximate surface area is 195 Å². The van der Waals surface area contributed by atoms with Crippen molar-refractivity contribution in [2.75, 3.05) is 34.2 Å². The third-order valence-corrected chi connectivity index (χ3v) is 5.24. The largest absolute Gasteiger partial charge is 0.478 e. The smallest absolute Gasteiger partial charge is 0.387 e. The SMILES string of the molecule is CCOc1ccc2c(n1)N(c1ccc(OC(F)F)cc1)C(=O)N(c1ccc(NN)c(NC)c1)C2. The number of benzene rings is 2. The summed E-state index contributed by atoms with van der Waals surface area (Å²) >= 11 is 0. The Kier molecular flexibility index (Phi) is 6.64. The Balaban J connectivity index is 1.78. The van der Waals surface area contributed by atoms with E-state index in [-0.39, 0.29) is 18.3 Å². The molecular formula is C23H24F2N6O3. The third kappa shape index (κ3) is 4.50. The highest BCUT2D eigenvalue weighted by Gasteiger charge is 2.34. The van der Waals surface area contributed by atoms with Crippen LogP contribution in [0.2, 0.25) is 0 Å². The van der Waals surface area contributed by atoms with Crippen molar-refractivity contribution in [2.45, 2.75) is 20.1 Å². The van der Waals surface area contributed by atoms with Crippen LogP contribution in [0.3, 0.4) is 0 Å². The van der Waals surface area contributed by atoms with Gasteiger partial charge in [0, 0.05) is 24.4 Å². The number of anilines is 5. The molecule has 3 aromatic rings. The molecule has 9 nitrogen and oxygen atoms in total. The summed E-state index contributed by atoms with van der Waals surface area (Å²) in [5.74, 6) is 6.34. The summed E-state index contributed by atoms with van der Waals surface area (Å²) in [6, 6.07) is 14.4. The molecule has 1 aromatic heterocycles. The molecule has 1 aliphatic heterocycles. The van der Waals surface area contributed by atoms with E-state index < -0.39 is 6.61 Å². The van der Waals surface area contributed by atoms with Gasteiger partial charge in [0.05, 0.1) is 30.2 Å². The van der Waals surface area contributed by atoms with Crippen molar-refractivity contribution in [3.63, 3.8) is 0 Å². The molecule has 2 heterocycles. The predicted octanol–water partition coefficient (Wildman–Crippen LogP) is 4.69. The zero-order valence-electron chi connectivity index (χ0n) is 18.6. The highest BCUT2D eigenvalue weighted by atomic mass is 19.3. The number of amides is 2. The Bertz CT molecular complexity index is 1180. The molecule has 4 N–H and O–H groups in total. The molecule has 178 valence electrons. The van der Waals surface area contributed by atoms with Gasteiger partial charge in [-0.05, 0) is 55.5 Å². The van der Waals surface area contributed by atoms with Crippen LogP contribution in [0.15, 0.2) is 54.6 Å². The first-order valence-electron chi connectivity index (χ1n) is 10.5. The number of nitrogen functional groups attached to an aromatic ring is 1. The minimum absolute atomic E-state index is 0.0140. The van der Waals surface area contributed by atoms with Crippen LogP contribution in [0.25, 0.3) is 0 Å². The fraction of sp³-hybridized carbons (Fsp3) is 0.217. The summed E-state index contributed by atoms with van der Waals surface area (Å²) in [6.07, 6.45) is 0. The number of halogens is 2. The molecule has 1 aliphatic rings. The number of hydrazine groups is 1. The summed E-state index contributed by atoms with van der Waals surface area (Å²) in [6.45, 7) is -0.414. The third-order valence-electron chi connectivity index (χ3n) is 5.24. The number of aromatic nitrogens is 1. The lowest BCUT2D eigenvalue weighted by Crippen LogP contribution is -2.45. The van der Waals surface area contributed by atoms with E-state index in [4.69, 9.17) is 10.6 Å². The monoisotopic (exact) mass is 470 g/mol. The first kappa shape index (κ1) is 23.1. The summed E-state index contributed by atoms with van der Waals surface area (Å²) in [5.41, 5.74) is 5.85. The Morgan fingerprint density at radius 2 is 1.82 bits per heavy atom. The van der Waals surface area contributed by atoms with Crippen molar-refractivity contribution in [1.29, 1.82) is 0 Å². The average molecular weight is 470 g/mol. The number of carbonyl (C=O) groups is 1. The van der Waals surface area contributed by atoms with Gasteiger partial charge in [0.2, 0.25) is 5.88 Å². The van der Waals surface area contributed by atoms with E-state index in [1.807, 2.05) is 13.0 Å². The Hall–Kier alpha value is -4.12. The molecule has 0 unspecified atom stereocenters. The maximum absolute atomic E-state index is 13.7. The molecule has 0 spiro atoms. The van der Waals surface area contributed by atoms with Gasteiger partial charge in [0.1, 0.15) is 11.6 Å². The minimum Gasteiger partial charge on any atom is -0.478 e. The highest BCUT2D eigenvalue weighted by Crippen LogP contribution is 2.38. The first-order chi connectivity index (χ1) is 16.4. The number of ether oxygens (including phenoxy) is 2. The van der Waals surface area contributed by atoms with Gasteiger partial charge in [0.25, 0.3) is 0 Å². The topological polar surface area (TPSA) is 105 Å². The molecule has 0 radical (unpaired) electrons. The van der Waals surface area contributed by atoms with Crippen LogP contribution in [0.4, 0.5) is 42.1 Å². The number of nitrogens with one attached hydrogen (secondary N) is 2. The van der Waals surface area contributed by atoms with Crippen molar-refractivity contribution in [1.82, 2.24) is 4.98 Å². The second-order valence-electron chi connectivity index (χ2n) is 7.27. The van der Waals surface area contributed by atoms with Crippen molar-refractivity contribution < 1.29 is 23.0 Å². The number of urea groups is 1. The van der Waals surface area contributed by atoms with Gasteiger partial charge in [-0.2, -0.15) is 13.8 Å². The molecule has 0 saturated carbocycles. The number of hydrogen-bond acceptors (Lipinski definition) is 7. The molecule has 0 atom stereocenters. The van der Waals surface area contributed by atoms with Crippen LogP contribution in [0.5, 0.6) is 11.6 Å². The maximum atomic E-state index is 13.7. The van der Waals surface area contributed by atoms with E-state index in [9.17, 15) is 13.6 Å². The van der Waals surface area contributed by atoms with Gasteiger partial charge in [-0.3, -0.25) is 10.7 Å². The van der Waals surface area contributed by atoms with Gasteiger partial charge in [0.15, 0.2) is 0 Å². The van der Waals surface area contributed by atoms with Crippen molar-refractivity contribution in [3.05, 3.63) is 60.2 Å². The normalized spacial score (nSPS) is 13.1. The van der Waals surface area contributed by atoms with Crippen molar-refractivity contribution >= 4 is 34.6 Å². The fourth-order valence-corrected chi connectivity index (χ4v) is 3.70. The minimum atomic E-state index is -2.94. The molecule has 0 fully saturated rings. The van der Waals surface area contributed by atoms with Crippen molar-refractivity contribution in [3.8, 4) is 11.6 Å². The summed E-state index contributed by atoms with van der Waals surface area (Å²) in [7, 11) is 1.75. The number of nitrogens with two attached hydrogens (primary N) is 1. The average Bonchev–Trinajstić information content (AvgIpc) is 2.84. The van der Waals surface area contributed by atoms with Gasteiger partial charge in [-0.15, -0.1) is 0 Å². The lowest BCUT2D eigenvalue weighted by atomic mass is 10.1. The van der Waals surface area contributed by atoms with E-state index in [2.05, 4.69) is 20.5 Å². The van der Waals surface area contributed by atoms with Crippen LogP contribution >= 0.6 is 0 Å². The maximum Gasteiger partial charge on any atom is 0.387 e. The molecule has 0 bridgehead atoms. The van der Waals surface area contributed by atoms with Gasteiger partial charge < -0.3 is 20.2 Å². The molecule has 2 aromatic carbocycles. The van der Waals surface area contributed by atoms with E-state index in [0.29, 0.717) is 41.1 Å². The predicted molar refractivity (Wildman–Crippen MR) is 126 cm³/mol. The van der Waals surface area contributed by atoms with E-state index in [0.717, 1.165) is 5.56 Å². The molecule has 2 amide bonds. The van der Waals surface area contributed by atoms with E-state index >= 15 is 0 Å². The number of carbonyl (C=O) groups excluding carboxylic acids is 1. The fourth-order valence-electron chi connectivity index (χ4n) is 3.70. The number of hydrogen-bond donors (Lipinski definition) is 3. The van der Waals surface area contributed by atoms with E-state index in [1.165, 1.54) is 29.2 Å². The van der Waals surface area contributed by atoms with Gasteiger partial charge in [-0.1, -0.05) is 0 Å². The summed E-state index contributed by atoms with van der Waals surface area (Å²) in [5, 5.41) is 3.05. The first-order valence-corrected chi connectivity index (χ1v) is 10.5. The second kappa shape index (κ2) is 9.79. The molecule has 11 heteroatoms. The summed E-state index contributed by atoms with van der Waals surface area (Å²) in [4.78, 5) is 21.3. The number of rotatable bonds is 8. The zero-order chi connectivity index (χ0) is 24.2. The van der Waals surface area contributed by atoms with Crippen molar-refractivity contribution in [2.24, 2.45) is 5.84 Å². The van der Waals surface area contributed by atoms with Crippen LogP contribution in [0.1, 0.15) is 12.5 Å². The van der Waals surface area contributed by atoms with Crippen LogP contribution in [-0.4, -0.2) is 31.3 Å². The Morgan fingerprint density at radius 3 is 2.47 bits per heavy atom. The quantitative estimate of drug-likeness (QED) is 0.324. The standard InChI is InChI=1S/C23H24F2N6O3/c1-3-33-20-11-4-14-13-30(16-7-10-18(29-26)19(12-16)27-2)23(32)31(21(14)28-20)15-5-8-17(9-6-15)34-22(24)25/h4-12,22,27,29H,3,13,26H2,1-2H3. The molecule has 0 saturated heterocycles. The van der Waals surface area contributed by atoms with Gasteiger partial charge >= 0.3 is 12.6 Å². The second-order valence-corrected chi connectivity index (χ2v) is 7.27. The molecular weight excluding hydrogens is 446 g/mol. The lowest BCUT2D eigenvalue weighted by molar-refractivity contribution is -0.0498. The van der Waals surface area contributed by atoms with E-state index in [1.54, 1.807) is 36.2 Å². The zero-order valence-corrected chi connectivity index (χ0v) is 18.6. The van der Waals surface area contributed by atoms with Crippen LogP contribution in [0, 0.1) is 0 Å². The Morgan fingerprint density at radius 1 is 1.09 bits per heavy atom.